The number of carbonyl (C=O) groups is 1. The maximum absolute atomic E-state index is 11.7. The highest BCUT2D eigenvalue weighted by molar-refractivity contribution is 6.71. The number of hydrogen-bond acceptors (Lipinski definition) is 6. The van der Waals surface area contributed by atoms with E-state index in [2.05, 4.69) is 5.32 Å². The van der Waals surface area contributed by atoms with E-state index in [0.29, 0.717) is 17.9 Å². The van der Waals surface area contributed by atoms with E-state index in [9.17, 15) is 19.8 Å². The van der Waals surface area contributed by atoms with Crippen LogP contribution in [0.15, 0.2) is 18.2 Å². The number of aliphatic hydroxyl groups excluding tert-OH is 2. The lowest BCUT2D eigenvalue weighted by Crippen LogP contribution is -2.48. The molecular weight excluding hydrogens is 366 g/mol. The van der Waals surface area contributed by atoms with Crippen LogP contribution >= 0.6 is 0 Å². The van der Waals surface area contributed by atoms with Gasteiger partial charge in [-0.2, -0.15) is 0 Å². The quantitative estimate of drug-likeness (QED) is 0.525. The van der Waals surface area contributed by atoms with Crippen molar-refractivity contribution in [1.82, 2.24) is 0 Å². The minimum atomic E-state index is -2.57. The summed E-state index contributed by atoms with van der Waals surface area (Å²) < 4.78 is 12.0. The summed E-state index contributed by atoms with van der Waals surface area (Å²) >= 11 is 0. The fraction of sp³-hybridized carbons (Fsp3) is 0.632. The number of hydrogen-bond donors (Lipinski definition) is 4. The molecule has 1 heterocycles. The Morgan fingerprint density at radius 1 is 1.41 bits per heavy atom. The molecule has 5 atom stereocenters. The fourth-order valence-electron chi connectivity index (χ4n) is 3.76. The van der Waals surface area contributed by atoms with Crippen LogP contribution in [0.2, 0.25) is 18.6 Å². The number of amides is 1. The maximum Gasteiger partial charge on any atom is 0.252 e. The van der Waals surface area contributed by atoms with E-state index >= 15 is 0 Å². The molecular formula is C19H31NO6Si. The molecule has 8 heteroatoms. The molecule has 0 radical (unpaired) electrons. The molecule has 2 rings (SSSR count). The van der Waals surface area contributed by atoms with Crippen LogP contribution in [0.25, 0.3) is 0 Å². The summed E-state index contributed by atoms with van der Waals surface area (Å²) in [6.45, 7) is 7.12. The van der Waals surface area contributed by atoms with Gasteiger partial charge in [0, 0.05) is 36.4 Å². The van der Waals surface area contributed by atoms with Gasteiger partial charge in [-0.25, -0.2) is 0 Å². The van der Waals surface area contributed by atoms with Crippen molar-refractivity contribution < 1.29 is 29.3 Å². The van der Waals surface area contributed by atoms with Crippen molar-refractivity contribution in [2.45, 2.75) is 57.2 Å². The van der Waals surface area contributed by atoms with Crippen LogP contribution in [0.1, 0.15) is 31.9 Å². The van der Waals surface area contributed by atoms with Gasteiger partial charge in [0.1, 0.15) is 18.0 Å². The zero-order valence-corrected chi connectivity index (χ0v) is 17.6. The molecule has 0 aromatic heterocycles. The van der Waals surface area contributed by atoms with E-state index in [0.717, 1.165) is 5.56 Å². The molecule has 0 saturated heterocycles. The summed E-state index contributed by atoms with van der Waals surface area (Å²) in [6.07, 6.45) is -1.19. The second-order valence-corrected chi connectivity index (χ2v) is 11.8. The third kappa shape index (κ3) is 4.88. The summed E-state index contributed by atoms with van der Waals surface area (Å²) in [4.78, 5) is 22.5. The number of anilines is 1. The van der Waals surface area contributed by atoms with E-state index in [4.69, 9.17) is 9.47 Å². The number of ether oxygens (including phenoxy) is 2. The van der Waals surface area contributed by atoms with Crippen LogP contribution in [0, 0.1) is 5.92 Å². The van der Waals surface area contributed by atoms with Gasteiger partial charge in [-0.3, -0.25) is 4.79 Å². The highest BCUT2D eigenvalue weighted by Crippen LogP contribution is 2.47. The van der Waals surface area contributed by atoms with Gasteiger partial charge in [-0.1, -0.05) is 6.92 Å². The zero-order valence-electron chi connectivity index (χ0n) is 16.6. The van der Waals surface area contributed by atoms with E-state index in [1.807, 2.05) is 20.0 Å². The van der Waals surface area contributed by atoms with Gasteiger partial charge in [0.05, 0.1) is 6.10 Å². The molecule has 1 amide bonds. The molecule has 0 saturated carbocycles. The Balaban J connectivity index is 2.37. The molecule has 0 bridgehead atoms. The van der Waals surface area contributed by atoms with Crippen LogP contribution in [0.5, 0.6) is 5.75 Å². The summed E-state index contributed by atoms with van der Waals surface area (Å²) in [5, 5.41) is 21.5. The van der Waals surface area contributed by atoms with Crippen LogP contribution < -0.4 is 10.1 Å². The van der Waals surface area contributed by atoms with Gasteiger partial charge in [-0.15, -0.1) is 0 Å². The Kier molecular flexibility index (Phi) is 7.04. The fourth-order valence-corrected chi connectivity index (χ4v) is 5.77. The summed E-state index contributed by atoms with van der Waals surface area (Å²) in [5.74, 6) is 0.101. The first-order chi connectivity index (χ1) is 12.6. The van der Waals surface area contributed by atoms with Crippen LogP contribution in [0.4, 0.5) is 5.69 Å². The van der Waals surface area contributed by atoms with Crippen molar-refractivity contribution in [2.75, 3.05) is 19.0 Å². The molecule has 1 unspecified atom stereocenters. The lowest BCUT2D eigenvalue weighted by atomic mass is 9.86. The third-order valence-corrected chi connectivity index (χ3v) is 7.65. The Morgan fingerprint density at radius 3 is 2.59 bits per heavy atom. The number of aliphatic hydroxyl groups is 2. The topological polar surface area (TPSA) is 108 Å². The van der Waals surface area contributed by atoms with Crippen molar-refractivity contribution in [3.63, 3.8) is 0 Å². The molecule has 7 nitrogen and oxygen atoms in total. The monoisotopic (exact) mass is 397 g/mol. The van der Waals surface area contributed by atoms with Gasteiger partial charge >= 0.3 is 0 Å². The number of nitrogens with one attached hydrogen (secondary N) is 1. The van der Waals surface area contributed by atoms with Gasteiger partial charge in [0.15, 0.2) is 8.32 Å². The maximum atomic E-state index is 11.7. The SMILES string of the molecule is CO[C@@H]1c2cc(NC(=O)[C@H](C)O)ccc2O[C@H](C(CCO)[Si](C)(C)O)[C@H]1C. The standard InChI is InChI=1S/C19H31NO6Si/c1-11-17(25-3)14-10-13(20-19(23)12(2)22)6-7-15(14)26-18(11)16(8-9-21)27(4,5)24/h6-7,10-12,16-18,21-22,24H,8-9H2,1-5H3,(H,20,23)/t11-,12-,16?,17-,18-/m0/s1. The molecule has 1 aliphatic heterocycles. The number of carbonyl (C=O) groups excluding carboxylic acids is 1. The number of rotatable bonds is 7. The minimum absolute atomic E-state index is 0.0109. The molecule has 1 aromatic carbocycles. The first-order valence-corrected chi connectivity index (χ1v) is 12.3. The number of fused-ring (bicyclic) bond motifs is 1. The summed E-state index contributed by atoms with van der Waals surface area (Å²) in [7, 11) is -0.949. The van der Waals surface area contributed by atoms with E-state index in [1.165, 1.54) is 6.92 Å². The van der Waals surface area contributed by atoms with E-state index in [1.54, 1.807) is 25.3 Å². The predicted molar refractivity (Wildman–Crippen MR) is 105 cm³/mol. The molecule has 0 fully saturated rings. The lowest BCUT2D eigenvalue weighted by molar-refractivity contribution is -0.123. The minimum Gasteiger partial charge on any atom is -0.490 e. The normalized spacial score (nSPS) is 24.5. The number of benzene rings is 1. The van der Waals surface area contributed by atoms with E-state index < -0.39 is 20.3 Å². The first-order valence-electron chi connectivity index (χ1n) is 9.25. The van der Waals surface area contributed by atoms with Crippen LogP contribution in [0.3, 0.4) is 0 Å². The molecule has 1 aliphatic rings. The van der Waals surface area contributed by atoms with Crippen LogP contribution in [-0.4, -0.2) is 55.2 Å². The van der Waals surface area contributed by atoms with Gasteiger partial charge < -0.3 is 29.8 Å². The van der Waals surface area contributed by atoms with Gasteiger partial charge in [0.2, 0.25) is 0 Å². The molecule has 4 N–H and O–H groups in total. The average Bonchev–Trinajstić information content (AvgIpc) is 2.58. The highest BCUT2D eigenvalue weighted by Gasteiger charge is 2.45. The smallest absolute Gasteiger partial charge is 0.252 e. The van der Waals surface area contributed by atoms with Crippen molar-refractivity contribution >= 4 is 19.9 Å². The lowest BCUT2D eigenvalue weighted by Gasteiger charge is -2.43. The third-order valence-electron chi connectivity index (χ3n) is 5.22. The van der Waals surface area contributed by atoms with Gasteiger partial charge in [-0.05, 0) is 44.6 Å². The Morgan fingerprint density at radius 2 is 2.07 bits per heavy atom. The van der Waals surface area contributed by atoms with Crippen LogP contribution in [-0.2, 0) is 9.53 Å². The molecule has 1 aromatic rings. The van der Waals surface area contributed by atoms with Crippen molar-refractivity contribution in [2.24, 2.45) is 5.92 Å². The van der Waals surface area contributed by atoms with Gasteiger partial charge in [0.25, 0.3) is 5.91 Å². The largest absolute Gasteiger partial charge is 0.490 e. The highest BCUT2D eigenvalue weighted by atomic mass is 28.4. The zero-order chi connectivity index (χ0) is 20.4. The number of methoxy groups -OCH3 is 1. The second kappa shape index (κ2) is 8.70. The summed E-state index contributed by atoms with van der Waals surface area (Å²) in [5.41, 5.74) is 1.22. The van der Waals surface area contributed by atoms with Crippen molar-refractivity contribution in [3.05, 3.63) is 23.8 Å². The molecule has 27 heavy (non-hydrogen) atoms. The molecule has 0 aliphatic carbocycles. The van der Waals surface area contributed by atoms with Crippen molar-refractivity contribution in [1.29, 1.82) is 0 Å². The average molecular weight is 398 g/mol. The second-order valence-electron chi connectivity index (χ2n) is 7.79. The Labute approximate surface area is 161 Å². The summed E-state index contributed by atoms with van der Waals surface area (Å²) in [6, 6.07) is 5.26. The Bertz CT molecular complexity index is 660. The van der Waals surface area contributed by atoms with Crippen molar-refractivity contribution in [3.8, 4) is 5.75 Å². The Hall–Kier alpha value is -1.45. The molecule has 152 valence electrons. The van der Waals surface area contributed by atoms with E-state index in [-0.39, 0.29) is 30.3 Å². The first kappa shape index (κ1) is 21.8. The predicted octanol–water partition coefficient (Wildman–Crippen LogP) is 2.04. The molecule has 0 spiro atoms.